The minimum Gasteiger partial charge on any atom is -0.331 e. The van der Waals surface area contributed by atoms with Crippen molar-refractivity contribution in [3.05, 3.63) is 16.1 Å². The fraction of sp³-hybridized carbons (Fsp3) is 0.727. The molecule has 1 atom stereocenters. The Morgan fingerprint density at radius 1 is 1.60 bits per heavy atom. The third kappa shape index (κ3) is 2.11. The Morgan fingerprint density at radius 3 is 3.13 bits per heavy atom. The zero-order valence-electron chi connectivity index (χ0n) is 9.39. The number of aryl methyl sites for hydroxylation is 1. The monoisotopic (exact) mass is 271 g/mol. The summed E-state index contributed by atoms with van der Waals surface area (Å²) in [7, 11) is 2.01. The van der Waals surface area contributed by atoms with E-state index in [0.29, 0.717) is 5.92 Å². The highest BCUT2D eigenvalue weighted by atomic mass is 79.9. The SMILES string of the molecule is CNCCC1CCCn2c(C)nc(Br)c21. The molecular weight excluding hydrogens is 254 g/mol. The summed E-state index contributed by atoms with van der Waals surface area (Å²) in [6.45, 7) is 4.31. The smallest absolute Gasteiger partial charge is 0.127 e. The molecule has 0 aromatic carbocycles. The first kappa shape index (κ1) is 11.1. The molecule has 0 fully saturated rings. The van der Waals surface area contributed by atoms with Crippen molar-refractivity contribution in [2.75, 3.05) is 13.6 Å². The molecule has 0 radical (unpaired) electrons. The maximum Gasteiger partial charge on any atom is 0.127 e. The average Bonchev–Trinajstić information content (AvgIpc) is 2.53. The third-order valence-corrected chi connectivity index (χ3v) is 3.80. The summed E-state index contributed by atoms with van der Waals surface area (Å²) >= 11 is 3.58. The number of hydrogen-bond donors (Lipinski definition) is 1. The van der Waals surface area contributed by atoms with Crippen LogP contribution in [0.3, 0.4) is 0 Å². The summed E-state index contributed by atoms with van der Waals surface area (Å²) in [5.74, 6) is 1.81. The van der Waals surface area contributed by atoms with Crippen LogP contribution in [0, 0.1) is 6.92 Å². The number of nitrogens with one attached hydrogen (secondary N) is 1. The van der Waals surface area contributed by atoms with Crippen LogP contribution in [0.15, 0.2) is 4.60 Å². The molecule has 15 heavy (non-hydrogen) atoms. The summed E-state index contributed by atoms with van der Waals surface area (Å²) in [5.41, 5.74) is 1.41. The molecule has 0 saturated carbocycles. The summed E-state index contributed by atoms with van der Waals surface area (Å²) in [5, 5.41) is 3.23. The van der Waals surface area contributed by atoms with Gasteiger partial charge < -0.3 is 9.88 Å². The quantitative estimate of drug-likeness (QED) is 0.916. The van der Waals surface area contributed by atoms with Gasteiger partial charge in [0.15, 0.2) is 0 Å². The maximum absolute atomic E-state index is 4.51. The first-order valence-corrected chi connectivity index (χ1v) is 6.40. The number of hydrogen-bond acceptors (Lipinski definition) is 2. The zero-order chi connectivity index (χ0) is 10.8. The molecular formula is C11H18BrN3. The molecule has 84 valence electrons. The molecule has 0 saturated heterocycles. The van der Waals surface area contributed by atoms with Gasteiger partial charge in [0.05, 0.1) is 5.69 Å². The molecule has 0 aliphatic carbocycles. The summed E-state index contributed by atoms with van der Waals surface area (Å²) in [4.78, 5) is 4.51. The van der Waals surface area contributed by atoms with Crippen LogP contribution in [0.1, 0.15) is 36.7 Å². The van der Waals surface area contributed by atoms with Gasteiger partial charge in [0, 0.05) is 12.5 Å². The van der Waals surface area contributed by atoms with Gasteiger partial charge in [0.1, 0.15) is 10.4 Å². The van der Waals surface area contributed by atoms with E-state index >= 15 is 0 Å². The van der Waals surface area contributed by atoms with E-state index in [4.69, 9.17) is 0 Å². The molecule has 3 nitrogen and oxygen atoms in total. The van der Waals surface area contributed by atoms with Crippen LogP contribution in [0.5, 0.6) is 0 Å². The van der Waals surface area contributed by atoms with E-state index < -0.39 is 0 Å². The van der Waals surface area contributed by atoms with Crippen molar-refractivity contribution in [3.8, 4) is 0 Å². The summed E-state index contributed by atoms with van der Waals surface area (Å²) < 4.78 is 3.43. The molecule has 1 aromatic rings. The highest BCUT2D eigenvalue weighted by Crippen LogP contribution is 2.35. The van der Waals surface area contributed by atoms with Crippen LogP contribution in [0.25, 0.3) is 0 Å². The van der Waals surface area contributed by atoms with Gasteiger partial charge in [-0.1, -0.05) is 0 Å². The molecule has 2 rings (SSSR count). The molecule has 1 unspecified atom stereocenters. The Morgan fingerprint density at radius 2 is 2.40 bits per heavy atom. The van der Waals surface area contributed by atoms with E-state index in [2.05, 4.69) is 37.7 Å². The Labute approximate surface area is 99.4 Å². The molecule has 1 aliphatic rings. The van der Waals surface area contributed by atoms with Crippen LogP contribution in [-0.4, -0.2) is 23.1 Å². The predicted molar refractivity (Wildman–Crippen MR) is 65.2 cm³/mol. The lowest BCUT2D eigenvalue weighted by Gasteiger charge is -2.25. The van der Waals surface area contributed by atoms with Gasteiger partial charge in [-0.25, -0.2) is 4.98 Å². The van der Waals surface area contributed by atoms with E-state index in [9.17, 15) is 0 Å². The molecule has 1 aliphatic heterocycles. The molecule has 2 heterocycles. The minimum atomic E-state index is 0.668. The topological polar surface area (TPSA) is 29.9 Å². The van der Waals surface area contributed by atoms with Gasteiger partial charge >= 0.3 is 0 Å². The Balaban J connectivity index is 2.25. The highest BCUT2D eigenvalue weighted by Gasteiger charge is 2.25. The van der Waals surface area contributed by atoms with E-state index in [0.717, 1.165) is 23.5 Å². The minimum absolute atomic E-state index is 0.668. The molecule has 1 N–H and O–H groups in total. The third-order valence-electron chi connectivity index (χ3n) is 3.22. The van der Waals surface area contributed by atoms with Gasteiger partial charge in [-0.3, -0.25) is 0 Å². The standard InChI is InChI=1S/C11H18BrN3/c1-8-14-11(12)10-9(5-6-13-2)4-3-7-15(8)10/h9,13H,3-7H2,1-2H3. The number of halogens is 1. The van der Waals surface area contributed by atoms with Crippen molar-refractivity contribution in [1.82, 2.24) is 14.9 Å². The lowest BCUT2D eigenvalue weighted by atomic mass is 9.93. The number of aromatic nitrogens is 2. The largest absolute Gasteiger partial charge is 0.331 e. The van der Waals surface area contributed by atoms with Gasteiger partial charge in [0.25, 0.3) is 0 Å². The van der Waals surface area contributed by atoms with E-state index in [1.165, 1.54) is 25.0 Å². The second kappa shape index (κ2) is 4.66. The number of imidazole rings is 1. The van der Waals surface area contributed by atoms with Crippen molar-refractivity contribution in [3.63, 3.8) is 0 Å². The van der Waals surface area contributed by atoms with E-state index in [1.807, 2.05) is 7.05 Å². The number of rotatable bonds is 3. The summed E-state index contributed by atoms with van der Waals surface area (Å²) in [6.07, 6.45) is 3.79. The normalized spacial score (nSPS) is 20.3. The number of nitrogens with zero attached hydrogens (tertiary/aromatic N) is 2. The number of fused-ring (bicyclic) bond motifs is 1. The van der Waals surface area contributed by atoms with Crippen molar-refractivity contribution >= 4 is 15.9 Å². The average molecular weight is 272 g/mol. The molecule has 0 spiro atoms. The van der Waals surface area contributed by atoms with Crippen molar-refractivity contribution in [1.29, 1.82) is 0 Å². The van der Waals surface area contributed by atoms with Gasteiger partial charge in [-0.15, -0.1) is 0 Å². The lowest BCUT2D eigenvalue weighted by Crippen LogP contribution is -2.20. The Hall–Kier alpha value is -0.350. The highest BCUT2D eigenvalue weighted by molar-refractivity contribution is 9.10. The van der Waals surface area contributed by atoms with Gasteiger partial charge in [0.2, 0.25) is 0 Å². The molecule has 4 heteroatoms. The van der Waals surface area contributed by atoms with Crippen LogP contribution in [0.4, 0.5) is 0 Å². The molecule has 1 aromatic heterocycles. The van der Waals surface area contributed by atoms with Crippen molar-refractivity contribution in [2.24, 2.45) is 0 Å². The van der Waals surface area contributed by atoms with Crippen molar-refractivity contribution in [2.45, 2.75) is 38.6 Å². The van der Waals surface area contributed by atoms with E-state index in [1.54, 1.807) is 0 Å². The Kier molecular flexibility index (Phi) is 3.46. The second-order valence-electron chi connectivity index (χ2n) is 4.22. The maximum atomic E-state index is 4.51. The van der Waals surface area contributed by atoms with Gasteiger partial charge in [-0.2, -0.15) is 0 Å². The summed E-state index contributed by atoms with van der Waals surface area (Å²) in [6, 6.07) is 0. The molecule has 0 bridgehead atoms. The predicted octanol–water partition coefficient (Wildman–Crippen LogP) is 2.44. The first-order chi connectivity index (χ1) is 7.24. The fourth-order valence-electron chi connectivity index (χ4n) is 2.45. The zero-order valence-corrected chi connectivity index (χ0v) is 11.0. The first-order valence-electron chi connectivity index (χ1n) is 5.61. The fourth-order valence-corrected chi connectivity index (χ4v) is 3.24. The van der Waals surface area contributed by atoms with Crippen LogP contribution in [0.2, 0.25) is 0 Å². The van der Waals surface area contributed by atoms with Crippen molar-refractivity contribution < 1.29 is 0 Å². The van der Waals surface area contributed by atoms with Crippen LogP contribution < -0.4 is 5.32 Å². The Bertz CT molecular complexity index is 346. The molecule has 0 amide bonds. The lowest BCUT2D eigenvalue weighted by molar-refractivity contribution is 0.425. The second-order valence-corrected chi connectivity index (χ2v) is 4.97. The van der Waals surface area contributed by atoms with Crippen LogP contribution in [-0.2, 0) is 6.54 Å². The van der Waals surface area contributed by atoms with Gasteiger partial charge in [-0.05, 0) is 55.7 Å². The van der Waals surface area contributed by atoms with E-state index in [-0.39, 0.29) is 0 Å². The van der Waals surface area contributed by atoms with Crippen LogP contribution >= 0.6 is 15.9 Å².